The molecule has 0 unspecified atom stereocenters. The zero-order valence-electron chi connectivity index (χ0n) is 14.3. The molecule has 1 aliphatic rings. The molecule has 1 aromatic carbocycles. The highest BCUT2D eigenvalue weighted by molar-refractivity contribution is 5.66. The van der Waals surface area contributed by atoms with Gasteiger partial charge in [-0.25, -0.2) is 4.68 Å². The van der Waals surface area contributed by atoms with Crippen LogP contribution in [0.5, 0.6) is 0 Å². The highest BCUT2D eigenvalue weighted by Gasteiger charge is 2.21. The Kier molecular flexibility index (Phi) is 4.53. The number of carbonyl (C=O) groups is 1. The standard InChI is InChI=1S/C19H20N4O3/c24-19(25)13-23-12-16(20-21-23)6-8-22-9-7-17-15(11-22)10-18(26-17)14-4-2-1-3-5-14/h1-5,10,12H,6-9,11,13H2,(H,24,25). The van der Waals surface area contributed by atoms with Gasteiger partial charge in [0.25, 0.3) is 0 Å². The fraction of sp³-hybridized carbons (Fsp3) is 0.316. The second kappa shape index (κ2) is 7.13. The number of furan rings is 1. The zero-order valence-corrected chi connectivity index (χ0v) is 14.3. The van der Waals surface area contributed by atoms with E-state index in [9.17, 15) is 4.79 Å². The minimum absolute atomic E-state index is 0.155. The lowest BCUT2D eigenvalue weighted by atomic mass is 10.1. The van der Waals surface area contributed by atoms with Crippen LogP contribution in [-0.4, -0.2) is 44.1 Å². The summed E-state index contributed by atoms with van der Waals surface area (Å²) >= 11 is 0. The SMILES string of the molecule is O=C(O)Cn1cc(CCN2CCc3oc(-c4ccccc4)cc3C2)nn1. The number of aliphatic carboxylic acids is 1. The maximum Gasteiger partial charge on any atom is 0.325 e. The number of rotatable bonds is 6. The highest BCUT2D eigenvalue weighted by atomic mass is 16.4. The molecule has 0 atom stereocenters. The third-order valence-corrected chi connectivity index (χ3v) is 4.57. The van der Waals surface area contributed by atoms with Crippen LogP contribution in [0.2, 0.25) is 0 Å². The van der Waals surface area contributed by atoms with E-state index in [1.54, 1.807) is 6.20 Å². The Labute approximate surface area is 150 Å². The normalized spacial score (nSPS) is 14.3. The summed E-state index contributed by atoms with van der Waals surface area (Å²) in [5, 5.41) is 16.7. The van der Waals surface area contributed by atoms with Crippen LogP contribution < -0.4 is 0 Å². The summed E-state index contributed by atoms with van der Waals surface area (Å²) in [6.45, 7) is 2.50. The van der Waals surface area contributed by atoms with Gasteiger partial charge in [0.05, 0.1) is 5.69 Å². The fourth-order valence-corrected chi connectivity index (χ4v) is 3.27. The van der Waals surface area contributed by atoms with Crippen molar-refractivity contribution in [1.29, 1.82) is 0 Å². The van der Waals surface area contributed by atoms with Crippen LogP contribution in [-0.2, 0) is 30.7 Å². The van der Waals surface area contributed by atoms with Crippen LogP contribution in [0.1, 0.15) is 17.0 Å². The summed E-state index contributed by atoms with van der Waals surface area (Å²) in [4.78, 5) is 13.1. The molecule has 26 heavy (non-hydrogen) atoms. The Hall–Kier alpha value is -2.93. The van der Waals surface area contributed by atoms with Crippen molar-refractivity contribution in [3.8, 4) is 11.3 Å². The number of benzene rings is 1. The maximum absolute atomic E-state index is 10.7. The molecule has 3 aromatic rings. The monoisotopic (exact) mass is 352 g/mol. The lowest BCUT2D eigenvalue weighted by molar-refractivity contribution is -0.137. The number of aromatic nitrogens is 3. The van der Waals surface area contributed by atoms with Crippen molar-refractivity contribution < 1.29 is 14.3 Å². The van der Waals surface area contributed by atoms with Gasteiger partial charge in [-0.1, -0.05) is 35.5 Å². The third kappa shape index (κ3) is 3.67. The molecule has 0 radical (unpaired) electrons. The molecular formula is C19H20N4O3. The summed E-state index contributed by atoms with van der Waals surface area (Å²) in [6, 6.07) is 12.3. The van der Waals surface area contributed by atoms with Crippen molar-refractivity contribution in [1.82, 2.24) is 19.9 Å². The number of carboxylic acid groups (broad SMARTS) is 1. The van der Waals surface area contributed by atoms with Crippen LogP contribution in [0, 0.1) is 0 Å². The molecule has 7 nitrogen and oxygen atoms in total. The predicted octanol–water partition coefficient (Wildman–Crippen LogP) is 2.22. The number of nitrogens with zero attached hydrogens (tertiary/aromatic N) is 4. The average Bonchev–Trinajstić information content (AvgIpc) is 3.26. The van der Waals surface area contributed by atoms with Gasteiger partial charge in [0.2, 0.25) is 0 Å². The Morgan fingerprint density at radius 3 is 2.92 bits per heavy atom. The highest BCUT2D eigenvalue weighted by Crippen LogP contribution is 2.29. The minimum atomic E-state index is -0.917. The van der Waals surface area contributed by atoms with Crippen LogP contribution in [0.25, 0.3) is 11.3 Å². The molecule has 4 rings (SSSR count). The molecule has 0 amide bonds. The molecule has 0 fully saturated rings. The van der Waals surface area contributed by atoms with E-state index in [0.717, 1.165) is 55.3 Å². The quantitative estimate of drug-likeness (QED) is 0.732. The maximum atomic E-state index is 10.7. The predicted molar refractivity (Wildman–Crippen MR) is 94.5 cm³/mol. The van der Waals surface area contributed by atoms with Crippen molar-refractivity contribution in [3.05, 3.63) is 59.6 Å². The van der Waals surface area contributed by atoms with Gasteiger partial charge in [-0.2, -0.15) is 0 Å². The van der Waals surface area contributed by atoms with E-state index in [1.807, 2.05) is 18.2 Å². The van der Waals surface area contributed by atoms with Crippen molar-refractivity contribution >= 4 is 5.97 Å². The number of fused-ring (bicyclic) bond motifs is 1. The summed E-state index contributed by atoms with van der Waals surface area (Å²) in [6.07, 6.45) is 3.35. The Morgan fingerprint density at radius 1 is 1.27 bits per heavy atom. The molecule has 3 heterocycles. The van der Waals surface area contributed by atoms with Crippen molar-refractivity contribution in [2.45, 2.75) is 25.9 Å². The third-order valence-electron chi connectivity index (χ3n) is 4.57. The van der Waals surface area contributed by atoms with Gasteiger partial charge < -0.3 is 9.52 Å². The van der Waals surface area contributed by atoms with Crippen molar-refractivity contribution in [3.63, 3.8) is 0 Å². The zero-order chi connectivity index (χ0) is 17.9. The molecule has 0 aliphatic carbocycles. The molecule has 1 aliphatic heterocycles. The van der Waals surface area contributed by atoms with E-state index in [2.05, 4.69) is 33.4 Å². The number of hydrogen-bond donors (Lipinski definition) is 1. The second-order valence-electron chi connectivity index (χ2n) is 6.50. The van der Waals surface area contributed by atoms with Gasteiger partial charge in [-0.3, -0.25) is 9.69 Å². The lowest BCUT2D eigenvalue weighted by Gasteiger charge is -2.25. The van der Waals surface area contributed by atoms with Crippen LogP contribution in [0.15, 0.2) is 47.0 Å². The van der Waals surface area contributed by atoms with Gasteiger partial charge in [0.15, 0.2) is 0 Å². The first-order valence-corrected chi connectivity index (χ1v) is 8.67. The molecule has 0 bridgehead atoms. The second-order valence-corrected chi connectivity index (χ2v) is 6.50. The van der Waals surface area contributed by atoms with Crippen LogP contribution >= 0.6 is 0 Å². The first-order chi connectivity index (χ1) is 12.7. The van der Waals surface area contributed by atoms with Crippen molar-refractivity contribution in [2.24, 2.45) is 0 Å². The van der Waals surface area contributed by atoms with E-state index in [0.29, 0.717) is 0 Å². The number of hydrogen-bond acceptors (Lipinski definition) is 5. The van der Waals surface area contributed by atoms with Gasteiger partial charge >= 0.3 is 5.97 Å². The molecule has 0 spiro atoms. The summed E-state index contributed by atoms with van der Waals surface area (Å²) in [5.41, 5.74) is 3.15. The van der Waals surface area contributed by atoms with Crippen molar-refractivity contribution in [2.75, 3.05) is 13.1 Å². The minimum Gasteiger partial charge on any atom is -0.480 e. The average molecular weight is 352 g/mol. The molecule has 0 saturated carbocycles. The molecule has 134 valence electrons. The molecule has 2 aromatic heterocycles. The van der Waals surface area contributed by atoms with Gasteiger partial charge in [0.1, 0.15) is 18.1 Å². The summed E-state index contributed by atoms with van der Waals surface area (Å²) in [5.74, 6) is 1.08. The first kappa shape index (κ1) is 16.5. The Bertz CT molecular complexity index is 901. The van der Waals surface area contributed by atoms with E-state index < -0.39 is 5.97 Å². The van der Waals surface area contributed by atoms with E-state index in [1.165, 1.54) is 10.2 Å². The van der Waals surface area contributed by atoms with E-state index in [4.69, 9.17) is 9.52 Å². The fourth-order valence-electron chi connectivity index (χ4n) is 3.27. The molecule has 0 saturated heterocycles. The summed E-state index contributed by atoms with van der Waals surface area (Å²) in [7, 11) is 0. The van der Waals surface area contributed by atoms with E-state index in [-0.39, 0.29) is 6.54 Å². The topological polar surface area (TPSA) is 84.4 Å². The largest absolute Gasteiger partial charge is 0.480 e. The van der Waals surface area contributed by atoms with Crippen LogP contribution in [0.4, 0.5) is 0 Å². The van der Waals surface area contributed by atoms with Gasteiger partial charge in [-0.05, 0) is 6.07 Å². The molecular weight excluding hydrogens is 332 g/mol. The molecule has 7 heteroatoms. The summed E-state index contributed by atoms with van der Waals surface area (Å²) < 4.78 is 7.39. The van der Waals surface area contributed by atoms with Gasteiger partial charge in [-0.15, -0.1) is 5.10 Å². The van der Waals surface area contributed by atoms with E-state index >= 15 is 0 Å². The lowest BCUT2D eigenvalue weighted by Crippen LogP contribution is -2.31. The molecule has 1 N–H and O–H groups in total. The van der Waals surface area contributed by atoms with Gasteiger partial charge in [0, 0.05) is 49.8 Å². The number of carboxylic acids is 1. The Balaban J connectivity index is 1.37. The van der Waals surface area contributed by atoms with Crippen LogP contribution in [0.3, 0.4) is 0 Å². The first-order valence-electron chi connectivity index (χ1n) is 8.67. The smallest absolute Gasteiger partial charge is 0.325 e. The Morgan fingerprint density at radius 2 is 2.12 bits per heavy atom.